The van der Waals surface area contributed by atoms with E-state index in [0.717, 1.165) is 11.1 Å². The Balaban J connectivity index is 1.80. The van der Waals surface area contributed by atoms with E-state index in [-0.39, 0.29) is 11.6 Å². The maximum Gasteiger partial charge on any atom is 0.258 e. The molecule has 0 unspecified atom stereocenters. The van der Waals surface area contributed by atoms with Crippen LogP contribution in [0.25, 0.3) is 5.65 Å². The summed E-state index contributed by atoms with van der Waals surface area (Å²) in [5, 5.41) is 4.56. The number of nitrogens with zero attached hydrogens (tertiary/aromatic N) is 2. The van der Waals surface area contributed by atoms with Crippen molar-refractivity contribution in [2.75, 3.05) is 0 Å². The minimum atomic E-state index is -0.0855. The first-order valence-electron chi connectivity index (χ1n) is 7.61. The van der Waals surface area contributed by atoms with Crippen molar-refractivity contribution in [3.05, 3.63) is 79.8 Å². The van der Waals surface area contributed by atoms with Gasteiger partial charge in [-0.1, -0.05) is 35.3 Å². The zero-order valence-corrected chi connectivity index (χ0v) is 14.9. The van der Waals surface area contributed by atoms with Crippen LogP contribution in [0.2, 0.25) is 10.0 Å². The molecule has 0 aliphatic rings. The van der Waals surface area contributed by atoms with Crippen molar-refractivity contribution in [3.63, 3.8) is 0 Å². The van der Waals surface area contributed by atoms with Gasteiger partial charge in [-0.3, -0.25) is 9.20 Å². The molecule has 6 heteroatoms. The third-order valence-corrected chi connectivity index (χ3v) is 4.44. The van der Waals surface area contributed by atoms with E-state index in [1.807, 2.05) is 38.1 Å². The van der Waals surface area contributed by atoms with Gasteiger partial charge in [-0.2, -0.15) is 0 Å². The van der Waals surface area contributed by atoms with E-state index in [4.69, 9.17) is 23.2 Å². The molecular weight excluding hydrogens is 345 g/mol. The average Bonchev–Trinajstić information content (AvgIpc) is 2.53. The molecule has 0 saturated carbocycles. The van der Waals surface area contributed by atoms with Crippen LogP contribution in [0, 0.1) is 6.92 Å². The Bertz CT molecular complexity index is 953. The second kappa shape index (κ2) is 6.93. The first-order chi connectivity index (χ1) is 11.4. The van der Waals surface area contributed by atoms with E-state index >= 15 is 0 Å². The van der Waals surface area contributed by atoms with Gasteiger partial charge in [0.1, 0.15) is 5.65 Å². The highest BCUT2D eigenvalue weighted by atomic mass is 35.5. The summed E-state index contributed by atoms with van der Waals surface area (Å²) < 4.78 is 1.55. The van der Waals surface area contributed by atoms with Crippen molar-refractivity contribution in [2.24, 2.45) is 0 Å². The molecule has 2 heterocycles. The number of rotatable bonds is 4. The molecule has 1 atom stereocenters. The molecule has 0 radical (unpaired) electrons. The number of halogens is 2. The molecule has 1 N–H and O–H groups in total. The summed E-state index contributed by atoms with van der Waals surface area (Å²) in [6.45, 7) is 4.42. The molecule has 3 rings (SSSR count). The highest BCUT2D eigenvalue weighted by molar-refractivity contribution is 6.35. The number of nitrogens with one attached hydrogen (secondary N) is 1. The van der Waals surface area contributed by atoms with Crippen molar-refractivity contribution >= 4 is 28.8 Å². The van der Waals surface area contributed by atoms with Crippen LogP contribution in [-0.4, -0.2) is 9.38 Å². The van der Waals surface area contributed by atoms with Gasteiger partial charge in [0.15, 0.2) is 0 Å². The number of pyridine rings is 1. The molecule has 0 fully saturated rings. The predicted molar refractivity (Wildman–Crippen MR) is 97.9 cm³/mol. The fourth-order valence-electron chi connectivity index (χ4n) is 2.57. The molecular formula is C18H17Cl2N3O. The van der Waals surface area contributed by atoms with Crippen molar-refractivity contribution in [2.45, 2.75) is 26.4 Å². The lowest BCUT2D eigenvalue weighted by molar-refractivity contribution is 0.567. The summed E-state index contributed by atoms with van der Waals surface area (Å²) in [6, 6.07) is 10.8. The van der Waals surface area contributed by atoms with Crippen LogP contribution in [0.15, 0.2) is 47.4 Å². The minimum absolute atomic E-state index is 0.00744. The molecule has 4 nitrogen and oxygen atoms in total. The van der Waals surface area contributed by atoms with Crippen molar-refractivity contribution in [3.8, 4) is 0 Å². The van der Waals surface area contributed by atoms with Crippen LogP contribution in [0.3, 0.4) is 0 Å². The van der Waals surface area contributed by atoms with Gasteiger partial charge >= 0.3 is 0 Å². The maximum atomic E-state index is 12.2. The molecule has 0 aliphatic carbocycles. The van der Waals surface area contributed by atoms with E-state index < -0.39 is 0 Å². The number of aromatic nitrogens is 2. The number of benzene rings is 1. The molecule has 24 heavy (non-hydrogen) atoms. The molecule has 124 valence electrons. The smallest absolute Gasteiger partial charge is 0.258 e. The molecule has 2 aromatic heterocycles. The molecule has 0 aliphatic heterocycles. The SMILES string of the molecule is Cc1ccc2nc(CN[C@@H](C)c3ccc(Cl)cc3Cl)cc(=O)n2c1. The Morgan fingerprint density at radius 2 is 2.00 bits per heavy atom. The zero-order chi connectivity index (χ0) is 17.3. The van der Waals surface area contributed by atoms with E-state index in [2.05, 4.69) is 10.3 Å². The number of hydrogen-bond donors (Lipinski definition) is 1. The van der Waals surface area contributed by atoms with Gasteiger partial charge in [0.25, 0.3) is 5.56 Å². The van der Waals surface area contributed by atoms with E-state index in [0.29, 0.717) is 27.9 Å². The van der Waals surface area contributed by atoms with Crippen LogP contribution in [0.1, 0.15) is 29.8 Å². The third kappa shape index (κ3) is 3.61. The Kier molecular flexibility index (Phi) is 4.90. The summed E-state index contributed by atoms with van der Waals surface area (Å²) in [5.74, 6) is 0. The number of fused-ring (bicyclic) bond motifs is 1. The molecule has 1 aromatic carbocycles. The Hall–Kier alpha value is -1.88. The number of aryl methyl sites for hydroxylation is 1. The summed E-state index contributed by atoms with van der Waals surface area (Å²) in [6.07, 6.45) is 1.79. The average molecular weight is 362 g/mol. The quantitative estimate of drug-likeness (QED) is 0.758. The fraction of sp³-hybridized carbons (Fsp3) is 0.222. The van der Waals surface area contributed by atoms with Gasteiger partial charge in [0.2, 0.25) is 0 Å². The fourth-order valence-corrected chi connectivity index (χ4v) is 3.14. The lowest BCUT2D eigenvalue weighted by Crippen LogP contribution is -2.22. The van der Waals surface area contributed by atoms with Crippen molar-refractivity contribution in [1.29, 1.82) is 0 Å². The van der Waals surface area contributed by atoms with Crippen molar-refractivity contribution in [1.82, 2.24) is 14.7 Å². The van der Waals surface area contributed by atoms with Crippen molar-refractivity contribution < 1.29 is 0 Å². The van der Waals surface area contributed by atoms with Gasteiger partial charge in [-0.15, -0.1) is 0 Å². The predicted octanol–water partition coefficient (Wildman–Crippen LogP) is 4.16. The van der Waals surface area contributed by atoms with E-state index in [1.165, 1.54) is 0 Å². The summed E-state index contributed by atoms with van der Waals surface area (Å²) >= 11 is 12.2. The molecule has 0 spiro atoms. The van der Waals surface area contributed by atoms with Crippen LogP contribution >= 0.6 is 23.2 Å². The highest BCUT2D eigenvalue weighted by Gasteiger charge is 2.11. The summed E-state index contributed by atoms with van der Waals surface area (Å²) in [7, 11) is 0. The largest absolute Gasteiger partial charge is 0.305 e. The van der Waals surface area contributed by atoms with Gasteiger partial charge < -0.3 is 5.32 Å². The minimum Gasteiger partial charge on any atom is -0.305 e. The van der Waals surface area contributed by atoms with Crippen LogP contribution < -0.4 is 10.9 Å². The Morgan fingerprint density at radius 3 is 2.75 bits per heavy atom. The summed E-state index contributed by atoms with van der Waals surface area (Å²) in [4.78, 5) is 16.7. The Morgan fingerprint density at radius 1 is 1.21 bits per heavy atom. The van der Waals surface area contributed by atoms with Gasteiger partial charge in [0, 0.05) is 34.9 Å². The Labute approximate surface area is 150 Å². The summed E-state index contributed by atoms with van der Waals surface area (Å²) in [5.41, 5.74) is 3.22. The monoisotopic (exact) mass is 361 g/mol. The van der Waals surface area contributed by atoms with Gasteiger partial charge in [0.05, 0.1) is 5.69 Å². The first-order valence-corrected chi connectivity index (χ1v) is 8.37. The third-order valence-electron chi connectivity index (χ3n) is 3.88. The van der Waals surface area contributed by atoms with Gasteiger partial charge in [-0.25, -0.2) is 4.98 Å². The van der Waals surface area contributed by atoms with Crippen LogP contribution in [-0.2, 0) is 6.54 Å². The highest BCUT2D eigenvalue weighted by Crippen LogP contribution is 2.26. The van der Waals surface area contributed by atoms with Crippen LogP contribution in [0.4, 0.5) is 0 Å². The first kappa shape index (κ1) is 17.0. The zero-order valence-electron chi connectivity index (χ0n) is 13.4. The number of hydrogen-bond acceptors (Lipinski definition) is 3. The second-order valence-corrected chi connectivity index (χ2v) is 6.63. The maximum absolute atomic E-state index is 12.2. The second-order valence-electron chi connectivity index (χ2n) is 5.79. The van der Waals surface area contributed by atoms with E-state index in [1.54, 1.807) is 22.7 Å². The topological polar surface area (TPSA) is 46.4 Å². The van der Waals surface area contributed by atoms with E-state index in [9.17, 15) is 4.79 Å². The van der Waals surface area contributed by atoms with Gasteiger partial charge in [-0.05, 0) is 43.2 Å². The van der Waals surface area contributed by atoms with Crippen LogP contribution in [0.5, 0.6) is 0 Å². The molecule has 0 bridgehead atoms. The molecule has 3 aromatic rings. The molecule has 0 saturated heterocycles. The lowest BCUT2D eigenvalue weighted by atomic mass is 10.1. The standard InChI is InChI=1S/C18H17Cl2N3O/c1-11-3-6-17-22-14(8-18(24)23(17)10-11)9-21-12(2)15-5-4-13(19)7-16(15)20/h3-8,10,12,21H,9H2,1-2H3/t12-/m0/s1. The molecule has 0 amide bonds. The normalized spacial score (nSPS) is 12.5. The lowest BCUT2D eigenvalue weighted by Gasteiger charge is -2.16.